The fourth-order valence-electron chi connectivity index (χ4n) is 1.78. The molecule has 2 rings (SSSR count). The van der Waals surface area contributed by atoms with Crippen molar-refractivity contribution in [2.24, 2.45) is 4.99 Å². The van der Waals surface area contributed by atoms with Gasteiger partial charge in [-0.05, 0) is 18.9 Å². The van der Waals surface area contributed by atoms with Crippen LogP contribution in [-0.4, -0.2) is 12.8 Å². The minimum absolute atomic E-state index is 0.188. The van der Waals surface area contributed by atoms with Gasteiger partial charge in [-0.2, -0.15) is 0 Å². The van der Waals surface area contributed by atoms with E-state index in [-0.39, 0.29) is 5.41 Å². The van der Waals surface area contributed by atoms with E-state index in [1.165, 1.54) is 11.1 Å². The normalized spacial score (nSPS) is 26.6. The van der Waals surface area contributed by atoms with E-state index in [1.54, 1.807) is 0 Å². The molecule has 0 amide bonds. The summed E-state index contributed by atoms with van der Waals surface area (Å²) in [5.74, 6) is 0. The van der Waals surface area contributed by atoms with Crippen molar-refractivity contribution in [1.82, 2.24) is 0 Å². The third-order valence-corrected chi connectivity index (χ3v) is 2.85. The molecule has 13 heavy (non-hydrogen) atoms. The fraction of sp³-hybridized carbons (Fsp3) is 0.417. The molecular formula is C12H15N. The summed E-state index contributed by atoms with van der Waals surface area (Å²) in [5.41, 5.74) is 2.90. The van der Waals surface area contributed by atoms with Gasteiger partial charge in [-0.1, -0.05) is 36.8 Å². The zero-order chi connectivity index (χ0) is 9.31. The topological polar surface area (TPSA) is 12.4 Å². The number of aryl methyl sites for hydroxylation is 1. The summed E-state index contributed by atoms with van der Waals surface area (Å²) < 4.78 is 0. The SMILES string of the molecule is Cc1ccc([C@@]2(C)C=NCC2)cc1. The molecule has 0 fully saturated rings. The molecule has 0 bridgehead atoms. The van der Waals surface area contributed by atoms with E-state index in [0.29, 0.717) is 0 Å². The van der Waals surface area contributed by atoms with Crippen LogP contribution < -0.4 is 0 Å². The van der Waals surface area contributed by atoms with Gasteiger partial charge in [-0.25, -0.2) is 0 Å². The predicted octanol–water partition coefficient (Wildman–Crippen LogP) is 2.73. The Bertz CT molecular complexity index is 323. The molecule has 0 unspecified atom stereocenters. The zero-order valence-electron chi connectivity index (χ0n) is 8.25. The minimum atomic E-state index is 0.188. The number of benzene rings is 1. The molecule has 0 N–H and O–H groups in total. The number of rotatable bonds is 1. The molecule has 1 atom stereocenters. The van der Waals surface area contributed by atoms with Crippen molar-refractivity contribution in [3.8, 4) is 0 Å². The Morgan fingerprint density at radius 3 is 2.46 bits per heavy atom. The van der Waals surface area contributed by atoms with E-state index in [1.807, 2.05) is 0 Å². The molecule has 0 saturated carbocycles. The van der Waals surface area contributed by atoms with E-state index in [2.05, 4.69) is 49.3 Å². The van der Waals surface area contributed by atoms with Gasteiger partial charge in [0.1, 0.15) is 0 Å². The number of hydrogen-bond acceptors (Lipinski definition) is 1. The lowest BCUT2D eigenvalue weighted by molar-refractivity contribution is 0.636. The summed E-state index contributed by atoms with van der Waals surface area (Å²) in [5, 5.41) is 0. The molecule has 0 saturated heterocycles. The van der Waals surface area contributed by atoms with E-state index >= 15 is 0 Å². The molecular weight excluding hydrogens is 158 g/mol. The molecule has 1 aromatic carbocycles. The second-order valence-electron chi connectivity index (χ2n) is 4.07. The van der Waals surface area contributed by atoms with Gasteiger partial charge in [-0.15, -0.1) is 0 Å². The van der Waals surface area contributed by atoms with E-state index in [0.717, 1.165) is 13.0 Å². The largest absolute Gasteiger partial charge is 0.297 e. The van der Waals surface area contributed by atoms with Crippen LogP contribution in [0.2, 0.25) is 0 Å². The first-order valence-corrected chi connectivity index (χ1v) is 4.79. The van der Waals surface area contributed by atoms with Gasteiger partial charge in [0.15, 0.2) is 0 Å². The Labute approximate surface area is 79.5 Å². The third-order valence-electron chi connectivity index (χ3n) is 2.85. The second kappa shape index (κ2) is 2.99. The van der Waals surface area contributed by atoms with Gasteiger partial charge >= 0.3 is 0 Å². The summed E-state index contributed by atoms with van der Waals surface area (Å²) in [4.78, 5) is 4.31. The molecule has 68 valence electrons. The summed E-state index contributed by atoms with van der Waals surface area (Å²) in [6, 6.07) is 8.78. The van der Waals surface area contributed by atoms with Crippen molar-refractivity contribution in [2.75, 3.05) is 6.54 Å². The Morgan fingerprint density at radius 2 is 1.92 bits per heavy atom. The zero-order valence-corrected chi connectivity index (χ0v) is 8.25. The molecule has 1 nitrogen and oxygen atoms in total. The van der Waals surface area contributed by atoms with Crippen LogP contribution in [0.25, 0.3) is 0 Å². The summed E-state index contributed by atoms with van der Waals surface area (Å²) >= 11 is 0. The lowest BCUT2D eigenvalue weighted by atomic mass is 9.82. The van der Waals surface area contributed by atoms with Crippen LogP contribution in [0.15, 0.2) is 29.3 Å². The van der Waals surface area contributed by atoms with Gasteiger partial charge in [0.2, 0.25) is 0 Å². The maximum Gasteiger partial charge on any atom is 0.0397 e. The third kappa shape index (κ3) is 1.51. The summed E-state index contributed by atoms with van der Waals surface area (Å²) in [7, 11) is 0. The predicted molar refractivity (Wildman–Crippen MR) is 56.5 cm³/mol. The van der Waals surface area contributed by atoms with Crippen molar-refractivity contribution in [2.45, 2.75) is 25.7 Å². The highest BCUT2D eigenvalue weighted by atomic mass is 14.8. The van der Waals surface area contributed by atoms with E-state index in [4.69, 9.17) is 0 Å². The van der Waals surface area contributed by atoms with Crippen molar-refractivity contribution >= 4 is 6.21 Å². The molecule has 0 aliphatic carbocycles. The Balaban J connectivity index is 2.35. The lowest BCUT2D eigenvalue weighted by Crippen LogP contribution is -2.20. The molecule has 0 radical (unpaired) electrons. The monoisotopic (exact) mass is 173 g/mol. The minimum Gasteiger partial charge on any atom is -0.297 e. The Kier molecular flexibility index (Phi) is 1.95. The van der Waals surface area contributed by atoms with Crippen LogP contribution in [0, 0.1) is 6.92 Å². The quantitative estimate of drug-likeness (QED) is 0.619. The van der Waals surface area contributed by atoms with Crippen LogP contribution >= 0.6 is 0 Å². The number of aliphatic imine (C=N–C) groups is 1. The highest BCUT2D eigenvalue weighted by Gasteiger charge is 2.26. The first-order chi connectivity index (χ1) is 6.21. The summed E-state index contributed by atoms with van der Waals surface area (Å²) in [6.07, 6.45) is 3.24. The van der Waals surface area contributed by atoms with Crippen LogP contribution in [0.5, 0.6) is 0 Å². The molecule has 0 spiro atoms. The molecule has 1 aliphatic rings. The fourth-order valence-corrected chi connectivity index (χ4v) is 1.78. The van der Waals surface area contributed by atoms with E-state index < -0.39 is 0 Å². The second-order valence-corrected chi connectivity index (χ2v) is 4.07. The van der Waals surface area contributed by atoms with Crippen LogP contribution in [0.3, 0.4) is 0 Å². The van der Waals surface area contributed by atoms with Crippen molar-refractivity contribution < 1.29 is 0 Å². The first kappa shape index (κ1) is 8.49. The number of nitrogens with zero attached hydrogens (tertiary/aromatic N) is 1. The van der Waals surface area contributed by atoms with Gasteiger partial charge in [0, 0.05) is 18.2 Å². The van der Waals surface area contributed by atoms with Crippen molar-refractivity contribution in [1.29, 1.82) is 0 Å². The Morgan fingerprint density at radius 1 is 1.23 bits per heavy atom. The van der Waals surface area contributed by atoms with E-state index in [9.17, 15) is 0 Å². The van der Waals surface area contributed by atoms with Crippen molar-refractivity contribution in [3.63, 3.8) is 0 Å². The molecule has 0 aromatic heterocycles. The highest BCUT2D eigenvalue weighted by molar-refractivity contribution is 5.75. The molecule has 1 heteroatoms. The number of hydrogen-bond donors (Lipinski definition) is 0. The maximum atomic E-state index is 4.31. The summed E-state index contributed by atoms with van der Waals surface area (Å²) in [6.45, 7) is 5.35. The Hall–Kier alpha value is -1.11. The van der Waals surface area contributed by atoms with Crippen LogP contribution in [-0.2, 0) is 5.41 Å². The first-order valence-electron chi connectivity index (χ1n) is 4.79. The van der Waals surface area contributed by atoms with Crippen LogP contribution in [0.4, 0.5) is 0 Å². The average Bonchev–Trinajstić information content (AvgIpc) is 2.54. The smallest absolute Gasteiger partial charge is 0.0397 e. The average molecular weight is 173 g/mol. The molecule has 1 heterocycles. The van der Waals surface area contributed by atoms with Crippen molar-refractivity contribution in [3.05, 3.63) is 35.4 Å². The van der Waals surface area contributed by atoms with Gasteiger partial charge in [-0.3, -0.25) is 4.99 Å². The molecule has 1 aliphatic heterocycles. The maximum absolute atomic E-state index is 4.31. The van der Waals surface area contributed by atoms with Gasteiger partial charge in [0.05, 0.1) is 0 Å². The van der Waals surface area contributed by atoms with Gasteiger partial charge < -0.3 is 0 Å². The van der Waals surface area contributed by atoms with Gasteiger partial charge in [0.25, 0.3) is 0 Å². The highest BCUT2D eigenvalue weighted by Crippen LogP contribution is 2.29. The molecule has 1 aromatic rings. The lowest BCUT2D eigenvalue weighted by Gasteiger charge is -2.20. The van der Waals surface area contributed by atoms with Crippen LogP contribution in [0.1, 0.15) is 24.5 Å². The standard InChI is InChI=1S/C12H15N/c1-10-3-5-11(6-4-10)12(2)7-8-13-9-12/h3-6,9H,7-8H2,1-2H3/t12-/m1/s1.